The molecule has 0 saturated carbocycles. The molecular formula is C15H12BrClF2O. The molecule has 0 amide bonds. The Hall–Kier alpha value is -1.13. The summed E-state index contributed by atoms with van der Waals surface area (Å²) in [4.78, 5) is 0. The Balaban J connectivity index is 2.43. The van der Waals surface area contributed by atoms with Crippen molar-refractivity contribution in [2.45, 2.75) is 12.3 Å². The van der Waals surface area contributed by atoms with E-state index in [4.69, 9.17) is 16.3 Å². The van der Waals surface area contributed by atoms with Crippen LogP contribution in [-0.4, -0.2) is 7.11 Å². The molecular weight excluding hydrogens is 350 g/mol. The van der Waals surface area contributed by atoms with Crippen LogP contribution in [0.2, 0.25) is 0 Å². The Bertz CT molecular complexity index is 646. The maximum Gasteiger partial charge on any atom is 0.133 e. The molecule has 1 nitrogen and oxygen atoms in total. The van der Waals surface area contributed by atoms with Crippen LogP contribution in [0, 0.1) is 18.6 Å². The van der Waals surface area contributed by atoms with Gasteiger partial charge in [0, 0.05) is 11.6 Å². The number of rotatable bonds is 3. The molecule has 0 aromatic heterocycles. The fourth-order valence-corrected chi connectivity index (χ4v) is 2.75. The van der Waals surface area contributed by atoms with E-state index in [9.17, 15) is 8.78 Å². The summed E-state index contributed by atoms with van der Waals surface area (Å²) >= 11 is 9.66. The third-order valence-corrected chi connectivity index (χ3v) is 4.13. The van der Waals surface area contributed by atoms with E-state index >= 15 is 0 Å². The van der Waals surface area contributed by atoms with Crippen molar-refractivity contribution in [1.29, 1.82) is 0 Å². The minimum absolute atomic E-state index is 0.252. The molecule has 1 unspecified atom stereocenters. The standard InChI is InChI=1S/C15H12BrClF2O/c1-8-5-10(13(19)7-12(8)18)15(17)9-3-4-14(20-2)11(16)6-9/h3-7,15H,1-2H3. The van der Waals surface area contributed by atoms with Gasteiger partial charge < -0.3 is 4.74 Å². The van der Waals surface area contributed by atoms with Crippen LogP contribution in [0.5, 0.6) is 5.75 Å². The number of benzene rings is 2. The smallest absolute Gasteiger partial charge is 0.133 e. The first-order valence-electron chi connectivity index (χ1n) is 5.87. The number of aryl methyl sites for hydroxylation is 1. The Morgan fingerprint density at radius 2 is 1.85 bits per heavy atom. The molecule has 0 radical (unpaired) electrons. The molecule has 0 N–H and O–H groups in total. The van der Waals surface area contributed by atoms with Crippen molar-refractivity contribution in [3.8, 4) is 5.75 Å². The van der Waals surface area contributed by atoms with Gasteiger partial charge in [0.25, 0.3) is 0 Å². The van der Waals surface area contributed by atoms with Gasteiger partial charge in [-0.15, -0.1) is 11.6 Å². The molecule has 2 aromatic carbocycles. The van der Waals surface area contributed by atoms with Crippen molar-refractivity contribution >= 4 is 27.5 Å². The molecule has 0 aliphatic carbocycles. The zero-order valence-corrected chi connectivity index (χ0v) is 13.2. The molecule has 0 aliphatic rings. The highest BCUT2D eigenvalue weighted by Crippen LogP contribution is 2.35. The van der Waals surface area contributed by atoms with Gasteiger partial charge in [-0.2, -0.15) is 0 Å². The van der Waals surface area contributed by atoms with Crippen molar-refractivity contribution < 1.29 is 13.5 Å². The summed E-state index contributed by atoms with van der Waals surface area (Å²) in [7, 11) is 1.56. The summed E-state index contributed by atoms with van der Waals surface area (Å²) in [6, 6.07) is 7.54. The maximum absolute atomic E-state index is 13.9. The third kappa shape index (κ3) is 2.96. The SMILES string of the molecule is COc1ccc(C(Cl)c2cc(C)c(F)cc2F)cc1Br. The monoisotopic (exact) mass is 360 g/mol. The molecule has 0 bridgehead atoms. The Kier molecular flexibility index (Phi) is 4.66. The number of ether oxygens (including phenoxy) is 1. The largest absolute Gasteiger partial charge is 0.496 e. The fourth-order valence-electron chi connectivity index (χ4n) is 1.89. The second-order valence-electron chi connectivity index (χ2n) is 4.38. The first-order chi connectivity index (χ1) is 9.43. The van der Waals surface area contributed by atoms with Gasteiger partial charge >= 0.3 is 0 Å². The third-order valence-electron chi connectivity index (χ3n) is 3.02. The summed E-state index contributed by atoms with van der Waals surface area (Å²) in [5.74, 6) is -0.570. The Labute approximate surface area is 129 Å². The van der Waals surface area contributed by atoms with E-state index in [0.717, 1.165) is 10.5 Å². The van der Waals surface area contributed by atoms with Crippen molar-refractivity contribution in [3.05, 3.63) is 63.1 Å². The van der Waals surface area contributed by atoms with Gasteiger partial charge in [-0.1, -0.05) is 6.07 Å². The van der Waals surface area contributed by atoms with Gasteiger partial charge in [0.1, 0.15) is 17.4 Å². The van der Waals surface area contributed by atoms with E-state index in [0.29, 0.717) is 16.9 Å². The van der Waals surface area contributed by atoms with Gasteiger partial charge in [-0.25, -0.2) is 8.78 Å². The lowest BCUT2D eigenvalue weighted by atomic mass is 10.0. The summed E-state index contributed by atoms with van der Waals surface area (Å²) in [6.07, 6.45) is 0. The highest BCUT2D eigenvalue weighted by Gasteiger charge is 2.18. The van der Waals surface area contributed by atoms with Gasteiger partial charge in [0.15, 0.2) is 0 Å². The quantitative estimate of drug-likeness (QED) is 0.668. The molecule has 20 heavy (non-hydrogen) atoms. The maximum atomic E-state index is 13.9. The summed E-state index contributed by atoms with van der Waals surface area (Å²) in [5, 5.41) is -0.698. The predicted molar refractivity (Wildman–Crippen MR) is 79.5 cm³/mol. The second-order valence-corrected chi connectivity index (χ2v) is 5.67. The van der Waals surface area contributed by atoms with Crippen LogP contribution < -0.4 is 4.74 Å². The molecule has 0 saturated heterocycles. The van der Waals surface area contributed by atoms with Crippen LogP contribution in [0.1, 0.15) is 22.1 Å². The molecule has 5 heteroatoms. The summed E-state index contributed by atoms with van der Waals surface area (Å²) < 4.78 is 33.0. The summed E-state index contributed by atoms with van der Waals surface area (Å²) in [6.45, 7) is 1.58. The van der Waals surface area contributed by atoms with Crippen LogP contribution >= 0.6 is 27.5 Å². The fraction of sp³-hybridized carbons (Fsp3) is 0.200. The molecule has 2 aromatic rings. The van der Waals surface area contributed by atoms with E-state index in [1.165, 1.54) is 6.07 Å². The molecule has 106 valence electrons. The van der Waals surface area contributed by atoms with Gasteiger partial charge in [0.05, 0.1) is 17.0 Å². The lowest BCUT2D eigenvalue weighted by Gasteiger charge is -2.14. The van der Waals surface area contributed by atoms with E-state index in [-0.39, 0.29) is 5.56 Å². The lowest BCUT2D eigenvalue weighted by molar-refractivity contribution is 0.412. The van der Waals surface area contributed by atoms with Gasteiger partial charge in [-0.05, 0) is 52.2 Å². The molecule has 0 heterocycles. The van der Waals surface area contributed by atoms with E-state index in [1.54, 1.807) is 32.2 Å². The van der Waals surface area contributed by atoms with Crippen LogP contribution in [0.25, 0.3) is 0 Å². The van der Waals surface area contributed by atoms with Gasteiger partial charge in [0.2, 0.25) is 0 Å². The zero-order valence-electron chi connectivity index (χ0n) is 10.9. The van der Waals surface area contributed by atoms with E-state index in [1.807, 2.05) is 0 Å². The van der Waals surface area contributed by atoms with Crippen LogP contribution in [0.3, 0.4) is 0 Å². The lowest BCUT2D eigenvalue weighted by Crippen LogP contribution is -2.00. The Morgan fingerprint density at radius 3 is 2.45 bits per heavy atom. The van der Waals surface area contributed by atoms with Crippen LogP contribution in [0.15, 0.2) is 34.8 Å². The van der Waals surface area contributed by atoms with Crippen molar-refractivity contribution in [2.24, 2.45) is 0 Å². The average Bonchev–Trinajstić information content (AvgIpc) is 2.42. The minimum Gasteiger partial charge on any atom is -0.496 e. The van der Waals surface area contributed by atoms with Crippen molar-refractivity contribution in [3.63, 3.8) is 0 Å². The second kappa shape index (κ2) is 6.10. The molecule has 1 atom stereocenters. The van der Waals surface area contributed by atoms with Crippen LogP contribution in [0.4, 0.5) is 8.78 Å². The summed E-state index contributed by atoms with van der Waals surface area (Å²) in [5.41, 5.74) is 1.31. The highest BCUT2D eigenvalue weighted by molar-refractivity contribution is 9.10. The van der Waals surface area contributed by atoms with E-state index < -0.39 is 17.0 Å². The molecule has 2 rings (SSSR count). The molecule has 0 spiro atoms. The first-order valence-corrected chi connectivity index (χ1v) is 7.10. The number of halogens is 4. The first kappa shape index (κ1) is 15.3. The molecule has 0 fully saturated rings. The highest BCUT2D eigenvalue weighted by atomic mass is 79.9. The zero-order chi connectivity index (χ0) is 14.9. The van der Waals surface area contributed by atoms with Crippen LogP contribution in [-0.2, 0) is 0 Å². The van der Waals surface area contributed by atoms with Gasteiger partial charge in [-0.3, -0.25) is 0 Å². The minimum atomic E-state index is -0.698. The Morgan fingerprint density at radius 1 is 1.15 bits per heavy atom. The van der Waals surface area contributed by atoms with Crippen molar-refractivity contribution in [1.82, 2.24) is 0 Å². The molecule has 0 aliphatic heterocycles. The predicted octanol–water partition coefficient (Wildman–Crippen LogP) is 5.37. The average molecular weight is 362 g/mol. The van der Waals surface area contributed by atoms with E-state index in [2.05, 4.69) is 15.9 Å². The topological polar surface area (TPSA) is 9.23 Å². The number of methoxy groups -OCH3 is 1. The van der Waals surface area contributed by atoms with Crippen molar-refractivity contribution in [2.75, 3.05) is 7.11 Å². The number of hydrogen-bond donors (Lipinski definition) is 0. The number of alkyl halides is 1. The number of hydrogen-bond acceptors (Lipinski definition) is 1. The normalized spacial score (nSPS) is 12.3.